The summed E-state index contributed by atoms with van der Waals surface area (Å²) in [6, 6.07) is 8.19. The SMILES string of the molecule is CCCC(C)(C)Cc1ccc(Cl)cc1. The number of hydrogen-bond donors (Lipinski definition) is 0. The van der Waals surface area contributed by atoms with Crippen LogP contribution in [0.2, 0.25) is 5.02 Å². The maximum atomic E-state index is 5.84. The zero-order valence-electron chi connectivity index (χ0n) is 9.31. The van der Waals surface area contributed by atoms with Gasteiger partial charge in [0.25, 0.3) is 0 Å². The first kappa shape index (κ1) is 11.6. The first-order chi connectivity index (χ1) is 6.53. The van der Waals surface area contributed by atoms with E-state index in [4.69, 9.17) is 11.6 Å². The van der Waals surface area contributed by atoms with Crippen molar-refractivity contribution in [1.82, 2.24) is 0 Å². The zero-order valence-corrected chi connectivity index (χ0v) is 10.1. The van der Waals surface area contributed by atoms with Crippen LogP contribution in [0.25, 0.3) is 0 Å². The fourth-order valence-corrected chi connectivity index (χ4v) is 2.05. The van der Waals surface area contributed by atoms with Gasteiger partial charge in [-0.2, -0.15) is 0 Å². The highest BCUT2D eigenvalue weighted by Crippen LogP contribution is 2.27. The van der Waals surface area contributed by atoms with E-state index in [1.165, 1.54) is 18.4 Å². The fourth-order valence-electron chi connectivity index (χ4n) is 1.92. The summed E-state index contributed by atoms with van der Waals surface area (Å²) in [5, 5.41) is 0.821. The van der Waals surface area contributed by atoms with Gasteiger partial charge in [-0.15, -0.1) is 0 Å². The normalized spacial score (nSPS) is 11.7. The number of hydrogen-bond acceptors (Lipinski definition) is 0. The summed E-state index contributed by atoms with van der Waals surface area (Å²) in [5.74, 6) is 0. The predicted octanol–water partition coefficient (Wildman–Crippen LogP) is 4.71. The number of halogens is 1. The molecule has 0 aliphatic carbocycles. The van der Waals surface area contributed by atoms with Crippen LogP contribution in [0.15, 0.2) is 24.3 Å². The third-order valence-electron chi connectivity index (χ3n) is 2.52. The third-order valence-corrected chi connectivity index (χ3v) is 2.77. The molecule has 0 saturated heterocycles. The van der Waals surface area contributed by atoms with Crippen molar-refractivity contribution in [3.8, 4) is 0 Å². The first-order valence-corrected chi connectivity index (χ1v) is 5.66. The molecule has 1 heteroatoms. The van der Waals surface area contributed by atoms with Gasteiger partial charge < -0.3 is 0 Å². The van der Waals surface area contributed by atoms with Crippen LogP contribution < -0.4 is 0 Å². The highest BCUT2D eigenvalue weighted by molar-refractivity contribution is 6.30. The second-order valence-corrected chi connectivity index (χ2v) is 5.15. The Hall–Kier alpha value is -0.490. The smallest absolute Gasteiger partial charge is 0.0406 e. The van der Waals surface area contributed by atoms with Crippen LogP contribution in [0.1, 0.15) is 39.2 Å². The van der Waals surface area contributed by atoms with Gasteiger partial charge in [0.05, 0.1) is 0 Å². The summed E-state index contributed by atoms with van der Waals surface area (Å²) < 4.78 is 0. The highest BCUT2D eigenvalue weighted by atomic mass is 35.5. The number of rotatable bonds is 4. The lowest BCUT2D eigenvalue weighted by Crippen LogP contribution is -2.14. The maximum absolute atomic E-state index is 5.84. The van der Waals surface area contributed by atoms with E-state index in [1.54, 1.807) is 0 Å². The van der Waals surface area contributed by atoms with E-state index in [9.17, 15) is 0 Å². The molecule has 0 amide bonds. The van der Waals surface area contributed by atoms with Crippen LogP contribution in [0.3, 0.4) is 0 Å². The van der Waals surface area contributed by atoms with Crippen molar-refractivity contribution in [2.24, 2.45) is 5.41 Å². The lowest BCUT2D eigenvalue weighted by atomic mass is 9.82. The van der Waals surface area contributed by atoms with Crippen molar-refractivity contribution >= 4 is 11.6 Å². The summed E-state index contributed by atoms with van der Waals surface area (Å²) in [6.07, 6.45) is 3.66. The van der Waals surface area contributed by atoms with E-state index in [-0.39, 0.29) is 0 Å². The topological polar surface area (TPSA) is 0 Å². The van der Waals surface area contributed by atoms with E-state index < -0.39 is 0 Å². The van der Waals surface area contributed by atoms with E-state index >= 15 is 0 Å². The molecule has 0 atom stereocenters. The Morgan fingerprint density at radius 1 is 1.14 bits per heavy atom. The molecule has 0 nitrogen and oxygen atoms in total. The largest absolute Gasteiger partial charge is 0.0843 e. The molecule has 0 saturated carbocycles. The van der Waals surface area contributed by atoms with Crippen LogP contribution in [-0.2, 0) is 6.42 Å². The molecule has 0 unspecified atom stereocenters. The Morgan fingerprint density at radius 3 is 2.21 bits per heavy atom. The van der Waals surface area contributed by atoms with Crippen molar-refractivity contribution < 1.29 is 0 Å². The van der Waals surface area contributed by atoms with E-state index in [1.807, 2.05) is 12.1 Å². The molecule has 0 aromatic heterocycles. The molecule has 0 heterocycles. The van der Waals surface area contributed by atoms with Gasteiger partial charge in [0.15, 0.2) is 0 Å². The molecule has 0 spiro atoms. The van der Waals surface area contributed by atoms with E-state index in [0.29, 0.717) is 5.41 Å². The van der Waals surface area contributed by atoms with Crippen molar-refractivity contribution in [2.75, 3.05) is 0 Å². The molecular formula is C13H19Cl. The molecule has 1 aromatic rings. The van der Waals surface area contributed by atoms with Crippen LogP contribution in [0.4, 0.5) is 0 Å². The summed E-state index contributed by atoms with van der Waals surface area (Å²) in [6.45, 7) is 6.89. The Kier molecular flexibility index (Phi) is 4.00. The summed E-state index contributed by atoms with van der Waals surface area (Å²) >= 11 is 5.84. The second-order valence-electron chi connectivity index (χ2n) is 4.72. The van der Waals surface area contributed by atoms with Crippen LogP contribution in [0.5, 0.6) is 0 Å². The van der Waals surface area contributed by atoms with Gasteiger partial charge >= 0.3 is 0 Å². The van der Waals surface area contributed by atoms with Crippen LogP contribution in [0, 0.1) is 5.41 Å². The van der Waals surface area contributed by atoms with Crippen LogP contribution >= 0.6 is 11.6 Å². The van der Waals surface area contributed by atoms with Gasteiger partial charge in [-0.05, 0) is 36.0 Å². The lowest BCUT2D eigenvalue weighted by Gasteiger charge is -2.23. The molecular weight excluding hydrogens is 192 g/mol. The molecule has 1 rings (SSSR count). The standard InChI is InChI=1S/C13H19Cl/c1-4-9-13(2,3)10-11-5-7-12(14)8-6-11/h5-8H,4,9-10H2,1-3H3. The van der Waals surface area contributed by atoms with Gasteiger partial charge in [0, 0.05) is 5.02 Å². The quantitative estimate of drug-likeness (QED) is 0.675. The van der Waals surface area contributed by atoms with Gasteiger partial charge in [0.1, 0.15) is 0 Å². The molecule has 1 aromatic carbocycles. The van der Waals surface area contributed by atoms with Gasteiger partial charge in [-0.1, -0.05) is 50.9 Å². The van der Waals surface area contributed by atoms with Crippen molar-refractivity contribution in [3.05, 3.63) is 34.9 Å². The van der Waals surface area contributed by atoms with E-state index in [2.05, 4.69) is 32.9 Å². The zero-order chi connectivity index (χ0) is 10.6. The van der Waals surface area contributed by atoms with Gasteiger partial charge in [-0.25, -0.2) is 0 Å². The number of benzene rings is 1. The van der Waals surface area contributed by atoms with Crippen molar-refractivity contribution in [2.45, 2.75) is 40.0 Å². The minimum absolute atomic E-state index is 0.405. The van der Waals surface area contributed by atoms with Crippen molar-refractivity contribution in [1.29, 1.82) is 0 Å². The molecule has 14 heavy (non-hydrogen) atoms. The van der Waals surface area contributed by atoms with Gasteiger partial charge in [-0.3, -0.25) is 0 Å². The third kappa shape index (κ3) is 3.71. The predicted molar refractivity (Wildman–Crippen MR) is 63.8 cm³/mol. The Balaban J connectivity index is 2.64. The average molecular weight is 211 g/mol. The Morgan fingerprint density at radius 2 is 1.71 bits per heavy atom. The lowest BCUT2D eigenvalue weighted by molar-refractivity contribution is 0.329. The average Bonchev–Trinajstić information content (AvgIpc) is 2.08. The molecule has 0 aliphatic heterocycles. The van der Waals surface area contributed by atoms with Crippen molar-refractivity contribution in [3.63, 3.8) is 0 Å². The summed E-state index contributed by atoms with van der Waals surface area (Å²) in [7, 11) is 0. The summed E-state index contributed by atoms with van der Waals surface area (Å²) in [5.41, 5.74) is 1.79. The van der Waals surface area contributed by atoms with E-state index in [0.717, 1.165) is 11.4 Å². The minimum atomic E-state index is 0.405. The monoisotopic (exact) mass is 210 g/mol. The second kappa shape index (κ2) is 4.84. The van der Waals surface area contributed by atoms with Crippen LogP contribution in [-0.4, -0.2) is 0 Å². The molecule has 0 N–H and O–H groups in total. The first-order valence-electron chi connectivity index (χ1n) is 5.28. The minimum Gasteiger partial charge on any atom is -0.0843 e. The fraction of sp³-hybridized carbons (Fsp3) is 0.538. The highest BCUT2D eigenvalue weighted by Gasteiger charge is 2.16. The molecule has 0 radical (unpaired) electrons. The molecule has 0 bridgehead atoms. The summed E-state index contributed by atoms with van der Waals surface area (Å²) in [4.78, 5) is 0. The van der Waals surface area contributed by atoms with Gasteiger partial charge in [0.2, 0.25) is 0 Å². The maximum Gasteiger partial charge on any atom is 0.0406 e. The Labute approximate surface area is 92.3 Å². The molecule has 0 aliphatic rings. The molecule has 0 fully saturated rings. The molecule has 78 valence electrons. The Bertz CT molecular complexity index is 272.